The number of anilines is 1. The Morgan fingerprint density at radius 2 is 1.60 bits per heavy atom. The number of carboxylic acid groups (broad SMARTS) is 1. The van der Waals surface area contributed by atoms with Crippen molar-refractivity contribution < 1.29 is 24.2 Å². The van der Waals surface area contributed by atoms with Gasteiger partial charge in [0.15, 0.2) is 0 Å². The summed E-state index contributed by atoms with van der Waals surface area (Å²) < 4.78 is 5.59. The first-order valence-corrected chi connectivity index (χ1v) is 11.6. The van der Waals surface area contributed by atoms with Crippen molar-refractivity contribution in [2.45, 2.75) is 25.2 Å². The van der Waals surface area contributed by atoms with Gasteiger partial charge in [0.05, 0.1) is 6.42 Å². The van der Waals surface area contributed by atoms with Crippen LogP contribution in [0.3, 0.4) is 0 Å². The van der Waals surface area contributed by atoms with E-state index in [-0.39, 0.29) is 31.3 Å². The fourth-order valence-corrected chi connectivity index (χ4v) is 4.41. The van der Waals surface area contributed by atoms with Crippen molar-refractivity contribution in [3.05, 3.63) is 89.5 Å². The summed E-state index contributed by atoms with van der Waals surface area (Å²) in [5.41, 5.74) is 5.92. The van der Waals surface area contributed by atoms with Crippen molar-refractivity contribution in [3.8, 4) is 11.1 Å². The molecule has 0 fully saturated rings. The molecule has 0 aromatic heterocycles. The summed E-state index contributed by atoms with van der Waals surface area (Å²) in [5, 5.41) is 11.5. The van der Waals surface area contributed by atoms with Gasteiger partial charge in [0.2, 0.25) is 5.91 Å². The number of carbonyl (C=O) groups excluding carboxylic acids is 2. The standard InChI is InChI=1S/C28H28N2O5/c1-30(15-7-14-27(32)33)26(31)17-19-8-6-9-20(16-19)29-28(34)35-18-25-23-12-4-2-10-21(23)22-11-3-5-13-24(22)25/h2-6,8-13,16,25H,7,14-15,17-18H2,1H3,(H,29,34)(H,32,33). The smallest absolute Gasteiger partial charge is 0.411 e. The van der Waals surface area contributed by atoms with Crippen LogP contribution >= 0.6 is 0 Å². The van der Waals surface area contributed by atoms with E-state index in [2.05, 4.69) is 29.6 Å². The zero-order valence-corrected chi connectivity index (χ0v) is 19.6. The van der Waals surface area contributed by atoms with Crippen molar-refractivity contribution >= 4 is 23.7 Å². The highest BCUT2D eigenvalue weighted by atomic mass is 16.5. The molecular formula is C28H28N2O5. The molecule has 180 valence electrons. The van der Waals surface area contributed by atoms with Gasteiger partial charge >= 0.3 is 12.1 Å². The van der Waals surface area contributed by atoms with Crippen LogP contribution in [0.4, 0.5) is 10.5 Å². The third-order valence-corrected chi connectivity index (χ3v) is 6.18. The number of hydrogen-bond donors (Lipinski definition) is 2. The molecule has 3 aromatic carbocycles. The maximum atomic E-state index is 12.6. The Balaban J connectivity index is 1.33. The highest BCUT2D eigenvalue weighted by Gasteiger charge is 2.29. The van der Waals surface area contributed by atoms with Crippen LogP contribution in [-0.2, 0) is 20.7 Å². The lowest BCUT2D eigenvalue weighted by atomic mass is 9.98. The van der Waals surface area contributed by atoms with E-state index in [0.29, 0.717) is 18.7 Å². The normalized spacial score (nSPS) is 11.9. The van der Waals surface area contributed by atoms with E-state index in [1.54, 1.807) is 25.2 Å². The fraction of sp³-hybridized carbons (Fsp3) is 0.250. The lowest BCUT2D eigenvalue weighted by Gasteiger charge is -2.17. The average molecular weight is 473 g/mol. The number of aliphatic carboxylic acids is 1. The van der Waals surface area contributed by atoms with E-state index in [1.807, 2.05) is 30.3 Å². The van der Waals surface area contributed by atoms with Crippen LogP contribution in [0.25, 0.3) is 11.1 Å². The Bertz CT molecular complexity index is 1190. The summed E-state index contributed by atoms with van der Waals surface area (Å²) >= 11 is 0. The van der Waals surface area contributed by atoms with E-state index in [9.17, 15) is 14.4 Å². The second-order valence-corrected chi connectivity index (χ2v) is 8.64. The van der Waals surface area contributed by atoms with Crippen molar-refractivity contribution in [3.63, 3.8) is 0 Å². The molecule has 0 radical (unpaired) electrons. The number of likely N-dealkylation sites (N-methyl/N-ethyl adjacent to an activating group) is 1. The molecule has 0 atom stereocenters. The Morgan fingerprint density at radius 3 is 2.26 bits per heavy atom. The van der Waals surface area contributed by atoms with E-state index < -0.39 is 12.1 Å². The minimum absolute atomic E-state index is 0.0197. The van der Waals surface area contributed by atoms with E-state index >= 15 is 0 Å². The van der Waals surface area contributed by atoms with Gasteiger partial charge in [-0.1, -0.05) is 60.7 Å². The summed E-state index contributed by atoms with van der Waals surface area (Å²) in [5.74, 6) is -1.01. The monoisotopic (exact) mass is 472 g/mol. The summed E-state index contributed by atoms with van der Waals surface area (Å²) in [6, 6.07) is 23.4. The van der Waals surface area contributed by atoms with E-state index in [1.165, 1.54) is 16.0 Å². The maximum Gasteiger partial charge on any atom is 0.411 e. The summed E-state index contributed by atoms with van der Waals surface area (Å²) in [7, 11) is 1.66. The summed E-state index contributed by atoms with van der Waals surface area (Å²) in [4.78, 5) is 37.2. The molecule has 0 unspecified atom stereocenters. The largest absolute Gasteiger partial charge is 0.481 e. The zero-order valence-electron chi connectivity index (χ0n) is 19.6. The van der Waals surface area contributed by atoms with Gasteiger partial charge in [-0.3, -0.25) is 14.9 Å². The molecule has 1 aliphatic rings. The number of carbonyl (C=O) groups is 3. The molecule has 0 spiro atoms. The number of benzene rings is 3. The predicted octanol–water partition coefficient (Wildman–Crippen LogP) is 4.91. The average Bonchev–Trinajstić information content (AvgIpc) is 3.16. The molecule has 1 aliphatic carbocycles. The highest BCUT2D eigenvalue weighted by Crippen LogP contribution is 2.44. The van der Waals surface area contributed by atoms with Crippen molar-refractivity contribution in [1.29, 1.82) is 0 Å². The summed E-state index contributed by atoms with van der Waals surface area (Å²) in [6.45, 7) is 0.599. The van der Waals surface area contributed by atoms with Gasteiger partial charge in [0.25, 0.3) is 0 Å². The third kappa shape index (κ3) is 5.87. The summed E-state index contributed by atoms with van der Waals surface area (Å²) in [6.07, 6.45) is 0.0307. The lowest BCUT2D eigenvalue weighted by molar-refractivity contribution is -0.138. The first-order chi connectivity index (χ1) is 16.9. The van der Waals surface area contributed by atoms with E-state index in [4.69, 9.17) is 9.84 Å². The molecule has 3 aromatic rings. The molecule has 0 saturated carbocycles. The van der Waals surface area contributed by atoms with Crippen LogP contribution < -0.4 is 5.32 Å². The van der Waals surface area contributed by atoms with Crippen LogP contribution in [0, 0.1) is 0 Å². The van der Waals surface area contributed by atoms with Gasteiger partial charge in [-0.2, -0.15) is 0 Å². The number of amides is 2. The molecule has 0 bridgehead atoms. The molecule has 4 rings (SSSR count). The Hall–Kier alpha value is -4.13. The van der Waals surface area contributed by atoms with Gasteiger partial charge in [-0.15, -0.1) is 0 Å². The van der Waals surface area contributed by atoms with Crippen LogP contribution in [0.5, 0.6) is 0 Å². The van der Waals surface area contributed by atoms with Gasteiger partial charge in [0.1, 0.15) is 6.61 Å². The quantitative estimate of drug-likeness (QED) is 0.461. The molecule has 0 aliphatic heterocycles. The van der Waals surface area contributed by atoms with Gasteiger partial charge in [-0.25, -0.2) is 4.79 Å². The van der Waals surface area contributed by atoms with Crippen LogP contribution in [-0.4, -0.2) is 48.2 Å². The number of hydrogen-bond acceptors (Lipinski definition) is 4. The predicted molar refractivity (Wildman–Crippen MR) is 133 cm³/mol. The molecule has 0 saturated heterocycles. The molecule has 2 amide bonds. The van der Waals surface area contributed by atoms with Gasteiger partial charge < -0.3 is 14.7 Å². The minimum atomic E-state index is -0.877. The first-order valence-electron chi connectivity index (χ1n) is 11.6. The van der Waals surface area contributed by atoms with Crippen LogP contribution in [0.2, 0.25) is 0 Å². The molecule has 7 heteroatoms. The highest BCUT2D eigenvalue weighted by molar-refractivity contribution is 5.86. The zero-order chi connectivity index (χ0) is 24.8. The number of carboxylic acids is 1. The Labute approximate surface area is 204 Å². The Kier molecular flexibility index (Phi) is 7.45. The van der Waals surface area contributed by atoms with Crippen LogP contribution in [0.15, 0.2) is 72.8 Å². The maximum absolute atomic E-state index is 12.6. The first kappa shape index (κ1) is 24.0. The number of ether oxygens (including phenoxy) is 1. The third-order valence-electron chi connectivity index (χ3n) is 6.18. The lowest BCUT2D eigenvalue weighted by Crippen LogP contribution is -2.29. The minimum Gasteiger partial charge on any atom is -0.481 e. The number of rotatable bonds is 9. The number of nitrogens with one attached hydrogen (secondary N) is 1. The van der Waals surface area contributed by atoms with Crippen molar-refractivity contribution in [1.82, 2.24) is 4.90 Å². The SMILES string of the molecule is CN(CCCC(=O)O)C(=O)Cc1cccc(NC(=O)OCC2c3ccccc3-c3ccccc32)c1. The van der Waals surface area contributed by atoms with E-state index in [0.717, 1.165) is 16.7 Å². The molecule has 7 nitrogen and oxygen atoms in total. The second-order valence-electron chi connectivity index (χ2n) is 8.64. The Morgan fingerprint density at radius 1 is 0.943 bits per heavy atom. The molecule has 2 N–H and O–H groups in total. The topological polar surface area (TPSA) is 95.9 Å². The van der Waals surface area contributed by atoms with Gasteiger partial charge in [-0.05, 0) is 46.4 Å². The second kappa shape index (κ2) is 10.9. The van der Waals surface area contributed by atoms with Gasteiger partial charge in [0, 0.05) is 31.6 Å². The number of nitrogens with zero attached hydrogens (tertiary/aromatic N) is 1. The molecule has 35 heavy (non-hydrogen) atoms. The van der Waals surface area contributed by atoms with Crippen molar-refractivity contribution in [2.75, 3.05) is 25.5 Å². The molecule has 0 heterocycles. The molecular weight excluding hydrogens is 444 g/mol. The van der Waals surface area contributed by atoms with Crippen LogP contribution in [0.1, 0.15) is 35.4 Å². The fourth-order valence-electron chi connectivity index (χ4n) is 4.41. The number of fused-ring (bicyclic) bond motifs is 3. The van der Waals surface area contributed by atoms with Crippen molar-refractivity contribution in [2.24, 2.45) is 0 Å².